The van der Waals surface area contributed by atoms with E-state index in [0.717, 1.165) is 24.0 Å². The molecule has 0 radical (unpaired) electrons. The number of hydrogen-bond acceptors (Lipinski definition) is 3. The van der Waals surface area contributed by atoms with Gasteiger partial charge in [-0.25, -0.2) is 4.39 Å². The summed E-state index contributed by atoms with van der Waals surface area (Å²) in [5, 5.41) is 9.41. The van der Waals surface area contributed by atoms with Gasteiger partial charge in [-0.15, -0.1) is 0 Å². The molecule has 2 N–H and O–H groups in total. The molecule has 1 atom stereocenters. The van der Waals surface area contributed by atoms with E-state index < -0.39 is 0 Å². The molecule has 2 amide bonds. The van der Waals surface area contributed by atoms with Crippen molar-refractivity contribution >= 4 is 17.5 Å². The summed E-state index contributed by atoms with van der Waals surface area (Å²) in [7, 11) is 0. The van der Waals surface area contributed by atoms with Crippen LogP contribution in [0.2, 0.25) is 0 Å². The Kier molecular flexibility index (Phi) is 5.37. The van der Waals surface area contributed by atoms with Crippen LogP contribution in [-0.4, -0.2) is 40.0 Å². The maximum Gasteiger partial charge on any atom is 0.257 e. The first-order chi connectivity index (χ1) is 14.1. The molecular formula is C22H21FN4O2. The third-order valence-corrected chi connectivity index (χ3v) is 5.13. The average Bonchev–Trinajstić information content (AvgIpc) is 3.29. The number of aromatic amines is 1. The van der Waals surface area contributed by atoms with E-state index in [1.165, 1.54) is 18.3 Å². The number of piperidine rings is 1. The van der Waals surface area contributed by atoms with Crippen molar-refractivity contribution in [3.63, 3.8) is 0 Å². The summed E-state index contributed by atoms with van der Waals surface area (Å²) in [6.07, 6.45) is 4.57. The molecule has 6 nitrogen and oxygen atoms in total. The predicted molar refractivity (Wildman–Crippen MR) is 108 cm³/mol. The van der Waals surface area contributed by atoms with Crippen LogP contribution < -0.4 is 5.32 Å². The van der Waals surface area contributed by atoms with Gasteiger partial charge >= 0.3 is 0 Å². The molecule has 2 aromatic carbocycles. The van der Waals surface area contributed by atoms with E-state index in [-0.39, 0.29) is 23.5 Å². The van der Waals surface area contributed by atoms with Crippen molar-refractivity contribution in [3.8, 4) is 11.1 Å². The van der Waals surface area contributed by atoms with Gasteiger partial charge in [-0.05, 0) is 48.2 Å². The van der Waals surface area contributed by atoms with Crippen molar-refractivity contribution in [2.45, 2.75) is 12.8 Å². The van der Waals surface area contributed by atoms with Crippen LogP contribution in [0.5, 0.6) is 0 Å². The molecule has 1 aliphatic rings. The summed E-state index contributed by atoms with van der Waals surface area (Å²) in [5.41, 5.74) is 2.94. The number of carbonyl (C=O) groups is 2. The number of likely N-dealkylation sites (tertiary alicyclic amines) is 1. The number of carbonyl (C=O) groups excluding carboxylic acids is 2. The van der Waals surface area contributed by atoms with E-state index in [9.17, 15) is 14.0 Å². The Morgan fingerprint density at radius 2 is 1.97 bits per heavy atom. The van der Waals surface area contributed by atoms with Gasteiger partial charge in [0.1, 0.15) is 5.82 Å². The minimum Gasteiger partial charge on any atom is -0.338 e. The molecular weight excluding hydrogens is 371 g/mol. The average molecular weight is 392 g/mol. The molecule has 0 spiro atoms. The summed E-state index contributed by atoms with van der Waals surface area (Å²) < 4.78 is 13.1. The Hall–Kier alpha value is -3.48. The topological polar surface area (TPSA) is 78.1 Å². The number of benzene rings is 2. The van der Waals surface area contributed by atoms with Gasteiger partial charge in [-0.1, -0.05) is 24.3 Å². The van der Waals surface area contributed by atoms with Crippen LogP contribution in [0.15, 0.2) is 60.9 Å². The van der Waals surface area contributed by atoms with Crippen LogP contribution in [0.3, 0.4) is 0 Å². The fraction of sp³-hybridized carbons (Fsp3) is 0.227. The van der Waals surface area contributed by atoms with E-state index in [1.54, 1.807) is 23.2 Å². The van der Waals surface area contributed by atoms with Gasteiger partial charge in [0.15, 0.2) is 0 Å². The second kappa shape index (κ2) is 8.26. The van der Waals surface area contributed by atoms with Crippen molar-refractivity contribution in [2.24, 2.45) is 5.92 Å². The van der Waals surface area contributed by atoms with Gasteiger partial charge in [0.2, 0.25) is 5.91 Å². The van der Waals surface area contributed by atoms with E-state index in [1.807, 2.05) is 24.3 Å². The fourth-order valence-corrected chi connectivity index (χ4v) is 3.59. The van der Waals surface area contributed by atoms with Crippen LogP contribution in [0.1, 0.15) is 23.2 Å². The second-order valence-corrected chi connectivity index (χ2v) is 7.15. The van der Waals surface area contributed by atoms with Crippen LogP contribution in [0.4, 0.5) is 10.1 Å². The molecule has 2 heterocycles. The second-order valence-electron chi connectivity index (χ2n) is 7.15. The van der Waals surface area contributed by atoms with Crippen LogP contribution in [0.25, 0.3) is 11.1 Å². The largest absolute Gasteiger partial charge is 0.338 e. The molecule has 148 valence electrons. The molecule has 3 aromatic rings. The highest BCUT2D eigenvalue weighted by molar-refractivity contribution is 5.96. The minimum absolute atomic E-state index is 0.106. The van der Waals surface area contributed by atoms with Gasteiger partial charge in [-0.3, -0.25) is 14.7 Å². The molecule has 0 bridgehead atoms. The highest BCUT2D eigenvalue weighted by Gasteiger charge is 2.29. The van der Waals surface area contributed by atoms with E-state index >= 15 is 0 Å². The van der Waals surface area contributed by atoms with Crippen molar-refractivity contribution < 1.29 is 14.0 Å². The monoisotopic (exact) mass is 392 g/mol. The van der Waals surface area contributed by atoms with Crippen molar-refractivity contribution in [3.05, 3.63) is 72.3 Å². The maximum atomic E-state index is 13.1. The van der Waals surface area contributed by atoms with Crippen molar-refractivity contribution in [1.29, 1.82) is 0 Å². The number of amides is 2. The summed E-state index contributed by atoms with van der Waals surface area (Å²) in [4.78, 5) is 27.0. The van der Waals surface area contributed by atoms with E-state index in [4.69, 9.17) is 0 Å². The van der Waals surface area contributed by atoms with Crippen LogP contribution >= 0.6 is 0 Å². The molecule has 7 heteroatoms. The highest BCUT2D eigenvalue weighted by Crippen LogP contribution is 2.25. The standard InChI is InChI=1S/C22H21FN4O2/c23-19-8-6-15(7-9-19)16-3-1-5-20(11-16)26-21(28)17-4-2-10-27(14-17)22(29)18-12-24-25-13-18/h1,3,5-9,11-13,17H,2,4,10,14H2,(H,24,25)(H,26,28). The number of anilines is 1. The number of aromatic nitrogens is 2. The number of nitrogens with zero attached hydrogens (tertiary/aromatic N) is 2. The Morgan fingerprint density at radius 3 is 2.72 bits per heavy atom. The molecule has 29 heavy (non-hydrogen) atoms. The first-order valence-corrected chi connectivity index (χ1v) is 9.55. The van der Waals surface area contributed by atoms with Crippen LogP contribution in [-0.2, 0) is 4.79 Å². The third-order valence-electron chi connectivity index (χ3n) is 5.13. The van der Waals surface area contributed by atoms with Gasteiger partial charge < -0.3 is 10.2 Å². The molecule has 4 rings (SSSR count). The lowest BCUT2D eigenvalue weighted by Gasteiger charge is -2.31. The maximum absolute atomic E-state index is 13.1. The highest BCUT2D eigenvalue weighted by atomic mass is 19.1. The molecule has 0 saturated carbocycles. The summed E-state index contributed by atoms with van der Waals surface area (Å²) in [6.45, 7) is 1.02. The SMILES string of the molecule is O=C(Nc1cccc(-c2ccc(F)cc2)c1)C1CCCN(C(=O)c2cn[nH]c2)C1. The van der Waals surface area contributed by atoms with Crippen LogP contribution in [0, 0.1) is 11.7 Å². The number of H-pyrrole nitrogens is 1. The lowest BCUT2D eigenvalue weighted by atomic mass is 9.96. The Morgan fingerprint density at radius 1 is 1.14 bits per heavy atom. The number of halogens is 1. The minimum atomic E-state index is -0.287. The smallest absolute Gasteiger partial charge is 0.257 e. The van der Waals surface area contributed by atoms with Gasteiger partial charge in [0, 0.05) is 25.0 Å². The summed E-state index contributed by atoms with van der Waals surface area (Å²) >= 11 is 0. The third kappa shape index (κ3) is 4.34. The summed E-state index contributed by atoms with van der Waals surface area (Å²) in [6, 6.07) is 13.7. The normalized spacial score (nSPS) is 16.4. The molecule has 1 aromatic heterocycles. The van der Waals surface area contributed by atoms with Gasteiger partial charge in [-0.2, -0.15) is 5.10 Å². The molecule has 1 saturated heterocycles. The fourth-order valence-electron chi connectivity index (χ4n) is 3.59. The lowest BCUT2D eigenvalue weighted by molar-refractivity contribution is -0.121. The van der Waals surface area contributed by atoms with Gasteiger partial charge in [0.05, 0.1) is 17.7 Å². The Balaban J connectivity index is 1.43. The lowest BCUT2D eigenvalue weighted by Crippen LogP contribution is -2.43. The molecule has 1 unspecified atom stereocenters. The number of hydrogen-bond donors (Lipinski definition) is 2. The van der Waals surface area contributed by atoms with Gasteiger partial charge in [0.25, 0.3) is 5.91 Å². The van der Waals surface area contributed by atoms with Crippen molar-refractivity contribution in [1.82, 2.24) is 15.1 Å². The zero-order valence-corrected chi connectivity index (χ0v) is 15.8. The first kappa shape index (κ1) is 18.9. The molecule has 1 fully saturated rings. The van der Waals surface area contributed by atoms with E-state index in [0.29, 0.717) is 24.3 Å². The van der Waals surface area contributed by atoms with E-state index in [2.05, 4.69) is 15.5 Å². The first-order valence-electron chi connectivity index (χ1n) is 9.55. The number of rotatable bonds is 4. The molecule has 1 aliphatic heterocycles. The molecule has 0 aliphatic carbocycles. The quantitative estimate of drug-likeness (QED) is 0.711. The zero-order valence-electron chi connectivity index (χ0n) is 15.8. The zero-order chi connectivity index (χ0) is 20.2. The Labute approximate surface area is 167 Å². The van der Waals surface area contributed by atoms with Crippen molar-refractivity contribution in [2.75, 3.05) is 18.4 Å². The predicted octanol–water partition coefficient (Wildman–Crippen LogP) is 3.71. The number of nitrogens with one attached hydrogen (secondary N) is 2. The Bertz CT molecular complexity index is 1000. The summed E-state index contributed by atoms with van der Waals surface area (Å²) in [5.74, 6) is -0.778.